The molecule has 7 nitrogen and oxygen atoms in total. The van der Waals surface area contributed by atoms with E-state index in [1.165, 1.54) is 12.3 Å². The lowest BCUT2D eigenvalue weighted by Crippen LogP contribution is -2.18. The molecule has 1 amide bonds. The molecule has 0 saturated carbocycles. The van der Waals surface area contributed by atoms with Crippen molar-refractivity contribution in [2.45, 2.75) is 26.2 Å². The molecule has 0 saturated heterocycles. The molecule has 170 valence electrons. The first-order valence-corrected chi connectivity index (χ1v) is 10.6. The van der Waals surface area contributed by atoms with Gasteiger partial charge in [0, 0.05) is 48.3 Å². The quantitative estimate of drug-likeness (QED) is 0.428. The Morgan fingerprint density at radius 1 is 1.09 bits per heavy atom. The van der Waals surface area contributed by atoms with Gasteiger partial charge in [0.15, 0.2) is 0 Å². The third kappa shape index (κ3) is 4.41. The minimum absolute atomic E-state index is 0.141. The van der Waals surface area contributed by atoms with E-state index in [-0.39, 0.29) is 5.69 Å². The monoisotopic (exact) mass is 454 g/mol. The van der Waals surface area contributed by atoms with Crippen LogP contribution in [-0.4, -0.2) is 27.9 Å². The van der Waals surface area contributed by atoms with Crippen LogP contribution in [0.3, 0.4) is 0 Å². The Bertz CT molecular complexity index is 1460. The molecule has 0 fully saturated rings. The van der Waals surface area contributed by atoms with Gasteiger partial charge in [-0.1, -0.05) is 0 Å². The van der Waals surface area contributed by atoms with E-state index < -0.39 is 17.1 Å². The van der Waals surface area contributed by atoms with Crippen molar-refractivity contribution in [2.75, 3.05) is 17.7 Å². The summed E-state index contributed by atoms with van der Waals surface area (Å²) in [4.78, 5) is 25.8. The summed E-state index contributed by atoms with van der Waals surface area (Å²) in [6.45, 7) is 5.20. The van der Waals surface area contributed by atoms with E-state index in [9.17, 15) is 14.4 Å². The molecule has 8 heteroatoms. The highest BCUT2D eigenvalue weighted by Gasteiger charge is 2.22. The van der Waals surface area contributed by atoms with Gasteiger partial charge < -0.3 is 10.6 Å². The number of pyridine rings is 3. The van der Waals surface area contributed by atoms with Gasteiger partial charge in [0.25, 0.3) is 5.91 Å². The van der Waals surface area contributed by atoms with Gasteiger partial charge in [-0.15, -0.1) is 0 Å². The molecule has 0 unspecified atom stereocenters. The molecule has 0 bridgehead atoms. The topological polar surface area (TPSA) is 104 Å². The molecular formula is C26H23FN6O. The SMILES string of the molecule is CNc1cc2ncc(-c3cc(NC(=O)c4cc(C(C)(C)C#N)ccn4)cc(F)c3C)cc2cn1. The van der Waals surface area contributed by atoms with Crippen molar-refractivity contribution < 1.29 is 9.18 Å². The van der Waals surface area contributed by atoms with E-state index in [0.29, 0.717) is 33.8 Å². The number of amides is 1. The lowest BCUT2D eigenvalue weighted by molar-refractivity contribution is 0.102. The molecule has 1 aromatic carbocycles. The van der Waals surface area contributed by atoms with Gasteiger partial charge in [0.05, 0.1) is 17.0 Å². The van der Waals surface area contributed by atoms with Gasteiger partial charge in [0.1, 0.15) is 17.3 Å². The van der Waals surface area contributed by atoms with Crippen LogP contribution in [0, 0.1) is 24.1 Å². The molecule has 34 heavy (non-hydrogen) atoms. The summed E-state index contributed by atoms with van der Waals surface area (Å²) in [5, 5.41) is 15.9. The summed E-state index contributed by atoms with van der Waals surface area (Å²) in [5.41, 5.74) is 2.84. The van der Waals surface area contributed by atoms with Crippen LogP contribution in [0.4, 0.5) is 15.9 Å². The number of hydrogen-bond acceptors (Lipinski definition) is 6. The summed E-state index contributed by atoms with van der Waals surface area (Å²) in [5.74, 6) is -0.246. The van der Waals surface area contributed by atoms with Crippen molar-refractivity contribution in [3.63, 3.8) is 0 Å². The fraction of sp³-hybridized carbons (Fsp3) is 0.192. The smallest absolute Gasteiger partial charge is 0.274 e. The number of rotatable bonds is 5. The Kier molecular flexibility index (Phi) is 5.95. The second-order valence-corrected chi connectivity index (χ2v) is 8.49. The molecule has 4 rings (SSSR count). The molecule has 0 radical (unpaired) electrons. The number of carbonyl (C=O) groups excluding carboxylic acids is 1. The maximum atomic E-state index is 14.8. The molecule has 0 aliphatic carbocycles. The summed E-state index contributed by atoms with van der Waals surface area (Å²) < 4.78 is 14.8. The lowest BCUT2D eigenvalue weighted by atomic mass is 9.86. The average molecular weight is 455 g/mol. The highest BCUT2D eigenvalue weighted by molar-refractivity contribution is 6.03. The lowest BCUT2D eigenvalue weighted by Gasteiger charge is -2.16. The maximum absolute atomic E-state index is 14.8. The Hall–Kier alpha value is -4.38. The van der Waals surface area contributed by atoms with E-state index in [1.54, 1.807) is 58.4 Å². The van der Waals surface area contributed by atoms with Gasteiger partial charge in [0.2, 0.25) is 0 Å². The number of aromatic nitrogens is 3. The Labute approximate surface area is 196 Å². The minimum atomic E-state index is -0.771. The van der Waals surface area contributed by atoms with Crippen LogP contribution in [0.5, 0.6) is 0 Å². The molecule has 3 aromatic heterocycles. The maximum Gasteiger partial charge on any atom is 0.274 e. The number of nitrogens with zero attached hydrogens (tertiary/aromatic N) is 4. The Morgan fingerprint density at radius 3 is 2.62 bits per heavy atom. The van der Waals surface area contributed by atoms with Crippen LogP contribution >= 0.6 is 0 Å². The van der Waals surface area contributed by atoms with Crippen molar-refractivity contribution in [2.24, 2.45) is 0 Å². The minimum Gasteiger partial charge on any atom is -0.373 e. The van der Waals surface area contributed by atoms with Crippen LogP contribution in [0.1, 0.15) is 35.5 Å². The predicted molar refractivity (Wildman–Crippen MR) is 130 cm³/mol. The zero-order chi connectivity index (χ0) is 24.5. The molecule has 2 N–H and O–H groups in total. The van der Waals surface area contributed by atoms with Crippen LogP contribution in [-0.2, 0) is 5.41 Å². The van der Waals surface area contributed by atoms with Crippen LogP contribution in [0.25, 0.3) is 22.0 Å². The van der Waals surface area contributed by atoms with Gasteiger partial charge in [-0.2, -0.15) is 5.26 Å². The molecule has 0 aliphatic rings. The van der Waals surface area contributed by atoms with E-state index in [0.717, 1.165) is 10.9 Å². The summed E-state index contributed by atoms with van der Waals surface area (Å²) in [6, 6.07) is 12.2. The highest BCUT2D eigenvalue weighted by atomic mass is 19.1. The number of hydrogen-bond donors (Lipinski definition) is 2. The Balaban J connectivity index is 1.68. The van der Waals surface area contributed by atoms with E-state index >= 15 is 0 Å². The number of halogens is 1. The molecular weight excluding hydrogens is 431 g/mol. The van der Waals surface area contributed by atoms with Crippen LogP contribution in [0.2, 0.25) is 0 Å². The molecule has 0 aliphatic heterocycles. The second-order valence-electron chi connectivity index (χ2n) is 8.49. The molecule has 0 spiro atoms. The largest absolute Gasteiger partial charge is 0.373 e. The zero-order valence-corrected chi connectivity index (χ0v) is 19.3. The van der Waals surface area contributed by atoms with Crippen molar-refractivity contribution >= 4 is 28.3 Å². The zero-order valence-electron chi connectivity index (χ0n) is 19.3. The highest BCUT2D eigenvalue weighted by Crippen LogP contribution is 2.31. The third-order valence-electron chi connectivity index (χ3n) is 5.73. The van der Waals surface area contributed by atoms with Crippen molar-refractivity contribution in [3.8, 4) is 17.2 Å². The standard InChI is InChI=1S/C26H23FN6O/c1-15-20(16-7-17-13-32-24(29-4)11-22(17)31-12-16)9-19(10-21(15)27)33-25(34)23-8-18(5-6-30-23)26(2,3)14-28/h5-13H,1-4H3,(H,29,32)(H,33,34). The normalized spacial score (nSPS) is 11.2. The van der Waals surface area contributed by atoms with Gasteiger partial charge in [-0.3, -0.25) is 14.8 Å². The van der Waals surface area contributed by atoms with Crippen molar-refractivity contribution in [3.05, 3.63) is 77.6 Å². The summed E-state index contributed by atoms with van der Waals surface area (Å²) in [6.07, 6.45) is 4.86. The first kappa shape index (κ1) is 22.8. The fourth-order valence-electron chi connectivity index (χ4n) is 3.56. The number of fused-ring (bicyclic) bond motifs is 1. The van der Waals surface area contributed by atoms with Crippen LogP contribution in [0.15, 0.2) is 55.0 Å². The van der Waals surface area contributed by atoms with Gasteiger partial charge in [-0.05, 0) is 67.8 Å². The number of nitrogens with one attached hydrogen (secondary N) is 2. The fourth-order valence-corrected chi connectivity index (χ4v) is 3.56. The first-order chi connectivity index (χ1) is 16.2. The van der Waals surface area contributed by atoms with Gasteiger partial charge >= 0.3 is 0 Å². The van der Waals surface area contributed by atoms with E-state index in [4.69, 9.17) is 0 Å². The van der Waals surface area contributed by atoms with Gasteiger partial charge in [-0.25, -0.2) is 9.37 Å². The molecule has 3 heterocycles. The van der Waals surface area contributed by atoms with Crippen molar-refractivity contribution in [1.82, 2.24) is 15.0 Å². The first-order valence-electron chi connectivity index (χ1n) is 10.6. The average Bonchev–Trinajstić information content (AvgIpc) is 2.85. The van der Waals surface area contributed by atoms with Crippen LogP contribution < -0.4 is 10.6 Å². The Morgan fingerprint density at radius 2 is 1.88 bits per heavy atom. The third-order valence-corrected chi connectivity index (χ3v) is 5.73. The molecule has 0 atom stereocenters. The number of anilines is 2. The number of nitriles is 1. The molecule has 4 aromatic rings. The summed E-state index contributed by atoms with van der Waals surface area (Å²) in [7, 11) is 1.78. The second kappa shape index (κ2) is 8.87. The van der Waals surface area contributed by atoms with E-state index in [1.807, 2.05) is 12.1 Å². The predicted octanol–water partition coefficient (Wildman–Crippen LogP) is 5.23. The number of carbonyl (C=O) groups is 1. The summed E-state index contributed by atoms with van der Waals surface area (Å²) >= 11 is 0. The van der Waals surface area contributed by atoms with Crippen molar-refractivity contribution in [1.29, 1.82) is 5.26 Å². The van der Waals surface area contributed by atoms with E-state index in [2.05, 4.69) is 31.7 Å². The number of benzene rings is 1.